The molecule has 4 unspecified atom stereocenters. The molecular weight excluding hydrogens is 321 g/mol. The Labute approximate surface area is 129 Å². The summed E-state index contributed by atoms with van der Waals surface area (Å²) in [4.78, 5) is 4.12. The van der Waals surface area contributed by atoms with E-state index in [1.165, 1.54) is 10.6 Å². The quantitative estimate of drug-likeness (QED) is 0.637. The van der Waals surface area contributed by atoms with Gasteiger partial charge in [-0.2, -0.15) is 0 Å². The lowest BCUT2D eigenvalue weighted by Gasteiger charge is -2.18. The van der Waals surface area contributed by atoms with Gasteiger partial charge in [-0.25, -0.2) is 4.98 Å². The van der Waals surface area contributed by atoms with Crippen LogP contribution >= 0.6 is 23.2 Å². The van der Waals surface area contributed by atoms with Crippen LogP contribution < -0.4 is 5.73 Å². The standard InChI is InChI=1S/C12H13Cl2N3O4/c13-4-1-5(14)8-6(2-4)17(12(15)16-8)11-10(20)9(19)7(3-18)21-11/h1-2,7,9-11,18-20H,3H2,(H2,15,16). The summed E-state index contributed by atoms with van der Waals surface area (Å²) in [6.45, 7) is -0.428. The Balaban J connectivity index is 2.15. The number of nitrogens with zero attached hydrogens (tertiary/aromatic N) is 2. The van der Waals surface area contributed by atoms with Crippen LogP contribution in [0.5, 0.6) is 0 Å². The fourth-order valence-electron chi connectivity index (χ4n) is 2.50. The van der Waals surface area contributed by atoms with Crippen molar-refractivity contribution in [2.75, 3.05) is 12.3 Å². The van der Waals surface area contributed by atoms with Crippen molar-refractivity contribution < 1.29 is 20.1 Å². The zero-order valence-corrected chi connectivity index (χ0v) is 12.2. The summed E-state index contributed by atoms with van der Waals surface area (Å²) in [5.41, 5.74) is 6.75. The van der Waals surface area contributed by atoms with Gasteiger partial charge in [0, 0.05) is 5.02 Å². The molecule has 2 heterocycles. The summed E-state index contributed by atoms with van der Waals surface area (Å²) in [6.07, 6.45) is -4.39. The number of rotatable bonds is 2. The molecule has 1 aromatic heterocycles. The first-order chi connectivity index (χ1) is 9.93. The number of halogens is 2. The van der Waals surface area contributed by atoms with Gasteiger partial charge in [0.05, 0.1) is 17.1 Å². The molecule has 7 nitrogen and oxygen atoms in total. The predicted octanol–water partition coefficient (Wildman–Crippen LogP) is 0.537. The molecule has 114 valence electrons. The molecule has 9 heteroatoms. The molecule has 1 aromatic carbocycles. The van der Waals surface area contributed by atoms with Crippen molar-refractivity contribution in [3.05, 3.63) is 22.2 Å². The fraction of sp³-hybridized carbons (Fsp3) is 0.417. The molecule has 0 radical (unpaired) electrons. The lowest BCUT2D eigenvalue weighted by Crippen LogP contribution is -2.33. The van der Waals surface area contributed by atoms with Gasteiger partial charge in [-0.15, -0.1) is 0 Å². The van der Waals surface area contributed by atoms with E-state index in [1.54, 1.807) is 6.07 Å². The van der Waals surface area contributed by atoms with Gasteiger partial charge >= 0.3 is 0 Å². The molecule has 0 amide bonds. The summed E-state index contributed by atoms with van der Waals surface area (Å²) >= 11 is 12.0. The van der Waals surface area contributed by atoms with Crippen LogP contribution in [0, 0.1) is 0 Å². The first kappa shape index (κ1) is 14.8. The van der Waals surface area contributed by atoms with Crippen LogP contribution in [0.25, 0.3) is 11.0 Å². The van der Waals surface area contributed by atoms with Crippen molar-refractivity contribution in [3.8, 4) is 0 Å². The lowest BCUT2D eigenvalue weighted by atomic mass is 10.1. The van der Waals surface area contributed by atoms with Crippen molar-refractivity contribution in [1.82, 2.24) is 9.55 Å². The molecule has 0 bridgehead atoms. The molecule has 1 aliphatic heterocycles. The molecule has 1 fully saturated rings. The fourth-order valence-corrected chi connectivity index (χ4v) is 3.02. The van der Waals surface area contributed by atoms with Crippen molar-refractivity contribution in [3.63, 3.8) is 0 Å². The number of nitrogen functional groups attached to an aromatic ring is 1. The second-order valence-corrected chi connectivity index (χ2v) is 5.67. The number of aliphatic hydroxyl groups excluding tert-OH is 3. The van der Waals surface area contributed by atoms with Crippen LogP contribution in [0.1, 0.15) is 6.23 Å². The third kappa shape index (κ3) is 2.26. The minimum absolute atomic E-state index is 0.0593. The monoisotopic (exact) mass is 333 g/mol. The molecule has 1 saturated heterocycles. The van der Waals surface area contributed by atoms with E-state index in [1.807, 2.05) is 0 Å². The number of benzene rings is 1. The van der Waals surface area contributed by atoms with Crippen molar-refractivity contribution >= 4 is 40.2 Å². The number of ether oxygens (including phenoxy) is 1. The molecule has 4 atom stereocenters. The first-order valence-corrected chi connectivity index (χ1v) is 6.94. The van der Waals surface area contributed by atoms with Crippen LogP contribution in [-0.2, 0) is 4.74 Å². The smallest absolute Gasteiger partial charge is 0.203 e. The first-order valence-electron chi connectivity index (χ1n) is 6.19. The highest BCUT2D eigenvalue weighted by Gasteiger charge is 2.44. The van der Waals surface area contributed by atoms with Gasteiger partial charge in [0.15, 0.2) is 6.23 Å². The topological polar surface area (TPSA) is 114 Å². The van der Waals surface area contributed by atoms with Gasteiger partial charge in [-0.1, -0.05) is 23.2 Å². The van der Waals surface area contributed by atoms with E-state index in [4.69, 9.17) is 38.8 Å². The maximum atomic E-state index is 10.1. The number of hydrogen-bond donors (Lipinski definition) is 4. The summed E-state index contributed by atoms with van der Waals surface area (Å²) in [7, 11) is 0. The van der Waals surface area contributed by atoms with E-state index in [-0.39, 0.29) is 5.95 Å². The number of anilines is 1. The summed E-state index contributed by atoms with van der Waals surface area (Å²) in [5.74, 6) is 0.0593. The number of nitrogens with two attached hydrogens (primary N) is 1. The van der Waals surface area contributed by atoms with Crippen molar-refractivity contribution in [2.45, 2.75) is 24.5 Å². The van der Waals surface area contributed by atoms with Gasteiger partial charge in [0.2, 0.25) is 5.95 Å². The Hall–Kier alpha value is -1.09. The largest absolute Gasteiger partial charge is 0.394 e. The Kier molecular flexibility index (Phi) is 3.73. The lowest BCUT2D eigenvalue weighted by molar-refractivity contribution is -0.0498. The van der Waals surface area contributed by atoms with Crippen LogP contribution in [0.2, 0.25) is 10.0 Å². The zero-order chi connectivity index (χ0) is 15.3. The third-order valence-electron chi connectivity index (χ3n) is 3.51. The van der Waals surface area contributed by atoms with Gasteiger partial charge in [-0.3, -0.25) is 4.57 Å². The number of fused-ring (bicyclic) bond motifs is 1. The second-order valence-electron chi connectivity index (χ2n) is 4.82. The normalized spacial score (nSPS) is 29.4. The average Bonchev–Trinajstić information content (AvgIpc) is 2.89. The van der Waals surface area contributed by atoms with Crippen LogP contribution in [0.4, 0.5) is 5.95 Å². The SMILES string of the molecule is Nc1nc2c(Cl)cc(Cl)cc2n1C1OC(CO)C(O)C1O. The second kappa shape index (κ2) is 5.28. The number of imidazole rings is 1. The van der Waals surface area contributed by atoms with Crippen LogP contribution in [0.15, 0.2) is 12.1 Å². The minimum atomic E-state index is -1.26. The van der Waals surface area contributed by atoms with Crippen molar-refractivity contribution in [1.29, 1.82) is 0 Å². The van der Waals surface area contributed by atoms with E-state index in [9.17, 15) is 10.2 Å². The molecule has 0 spiro atoms. The third-order valence-corrected chi connectivity index (χ3v) is 4.02. The highest BCUT2D eigenvalue weighted by molar-refractivity contribution is 6.38. The Bertz CT molecular complexity index is 693. The van der Waals surface area contributed by atoms with E-state index < -0.39 is 31.1 Å². The van der Waals surface area contributed by atoms with Gasteiger partial charge in [0.1, 0.15) is 23.8 Å². The number of aromatic nitrogens is 2. The Morgan fingerprint density at radius 1 is 1.29 bits per heavy atom. The molecule has 0 saturated carbocycles. The summed E-state index contributed by atoms with van der Waals surface area (Å²) in [6, 6.07) is 3.11. The van der Waals surface area contributed by atoms with Gasteiger partial charge in [0.25, 0.3) is 0 Å². The maximum absolute atomic E-state index is 10.1. The molecule has 3 rings (SSSR count). The molecule has 0 aliphatic carbocycles. The molecule has 1 aliphatic rings. The summed E-state index contributed by atoms with van der Waals surface area (Å²) < 4.78 is 6.85. The van der Waals surface area contributed by atoms with Crippen LogP contribution in [-0.4, -0.2) is 49.8 Å². The Morgan fingerprint density at radius 3 is 2.62 bits per heavy atom. The summed E-state index contributed by atoms with van der Waals surface area (Å²) in [5, 5.41) is 29.8. The average molecular weight is 334 g/mol. The van der Waals surface area contributed by atoms with E-state index in [0.717, 1.165) is 0 Å². The van der Waals surface area contributed by atoms with Crippen molar-refractivity contribution in [2.24, 2.45) is 0 Å². The molecular formula is C12H13Cl2N3O4. The van der Waals surface area contributed by atoms with E-state index in [2.05, 4.69) is 4.98 Å². The number of aliphatic hydroxyl groups is 3. The highest BCUT2D eigenvalue weighted by Crippen LogP contribution is 2.36. The molecule has 21 heavy (non-hydrogen) atoms. The van der Waals surface area contributed by atoms with Gasteiger partial charge < -0.3 is 25.8 Å². The molecule has 2 aromatic rings. The van der Waals surface area contributed by atoms with Gasteiger partial charge in [-0.05, 0) is 12.1 Å². The molecule has 5 N–H and O–H groups in total. The van der Waals surface area contributed by atoms with E-state index >= 15 is 0 Å². The maximum Gasteiger partial charge on any atom is 0.203 e. The highest BCUT2D eigenvalue weighted by atomic mass is 35.5. The number of hydrogen-bond acceptors (Lipinski definition) is 6. The Morgan fingerprint density at radius 2 is 2.00 bits per heavy atom. The zero-order valence-electron chi connectivity index (χ0n) is 10.6. The predicted molar refractivity (Wildman–Crippen MR) is 77.2 cm³/mol. The van der Waals surface area contributed by atoms with Crippen LogP contribution in [0.3, 0.4) is 0 Å². The minimum Gasteiger partial charge on any atom is -0.394 e. The van der Waals surface area contributed by atoms with E-state index in [0.29, 0.717) is 21.1 Å².